The second-order valence-corrected chi connectivity index (χ2v) is 3.44. The van der Waals surface area contributed by atoms with Crippen molar-refractivity contribution in [3.8, 4) is 17.6 Å². The molecule has 0 aliphatic carbocycles. The molecule has 5 nitrogen and oxygen atoms in total. The Bertz CT molecular complexity index is 489. The fourth-order valence-corrected chi connectivity index (χ4v) is 1.27. The van der Waals surface area contributed by atoms with Crippen LogP contribution in [0.4, 0.5) is 0 Å². The van der Waals surface area contributed by atoms with Gasteiger partial charge in [-0.2, -0.15) is 5.26 Å². The van der Waals surface area contributed by atoms with Gasteiger partial charge in [-0.25, -0.2) is 0 Å². The van der Waals surface area contributed by atoms with Gasteiger partial charge in [-0.15, -0.1) is 0 Å². The third-order valence-electron chi connectivity index (χ3n) is 2.05. The number of nitrogens with one attached hydrogen (secondary N) is 1. The lowest BCUT2D eigenvalue weighted by molar-refractivity contribution is -0.122. The highest BCUT2D eigenvalue weighted by molar-refractivity contribution is 5.79. The summed E-state index contributed by atoms with van der Waals surface area (Å²) in [5.74, 6) is 0.733. The average Bonchev–Trinajstić information content (AvgIpc) is 2.37. The summed E-state index contributed by atoms with van der Waals surface area (Å²) in [6.45, 7) is 1.49. The van der Waals surface area contributed by atoms with Gasteiger partial charge in [0.2, 0.25) is 0 Å². The van der Waals surface area contributed by atoms with Crippen LogP contribution < -0.4 is 14.8 Å². The summed E-state index contributed by atoms with van der Waals surface area (Å²) in [5.41, 5.74) is 0.478. The van der Waals surface area contributed by atoms with Crippen molar-refractivity contribution in [2.24, 2.45) is 0 Å². The molecule has 1 aromatic carbocycles. The van der Waals surface area contributed by atoms with E-state index in [2.05, 4.69) is 5.32 Å². The Morgan fingerprint density at radius 3 is 2.72 bits per heavy atom. The Hall–Kier alpha value is -2.48. The summed E-state index contributed by atoms with van der Waals surface area (Å²) >= 11 is 0. The highest BCUT2D eigenvalue weighted by atomic mass is 16.5. The first-order valence-electron chi connectivity index (χ1n) is 5.29. The van der Waals surface area contributed by atoms with Crippen molar-refractivity contribution in [3.63, 3.8) is 0 Å². The van der Waals surface area contributed by atoms with Crippen molar-refractivity contribution in [2.75, 3.05) is 13.7 Å². The van der Waals surface area contributed by atoms with Gasteiger partial charge in [0.25, 0.3) is 5.91 Å². The third-order valence-corrected chi connectivity index (χ3v) is 2.05. The molecular formula is C13H14N2O3. The number of nitrogens with zero attached hydrogens (tertiary/aromatic N) is 1. The number of methoxy groups -OCH3 is 1. The molecule has 0 aromatic heterocycles. The lowest BCUT2D eigenvalue weighted by atomic mass is 10.3. The Labute approximate surface area is 106 Å². The molecule has 0 fully saturated rings. The molecule has 1 amide bonds. The molecule has 5 heteroatoms. The lowest BCUT2D eigenvalue weighted by Crippen LogP contribution is -2.27. The van der Waals surface area contributed by atoms with Crippen molar-refractivity contribution in [2.45, 2.75) is 6.92 Å². The SMILES string of the molecule is COc1ccccc1OCC(=O)NC(C)=CC#N. The van der Waals surface area contributed by atoms with Gasteiger partial charge in [0, 0.05) is 11.8 Å². The topological polar surface area (TPSA) is 71.3 Å². The van der Waals surface area contributed by atoms with Crippen molar-refractivity contribution in [1.82, 2.24) is 5.32 Å². The van der Waals surface area contributed by atoms with E-state index in [-0.39, 0.29) is 12.5 Å². The Morgan fingerprint density at radius 2 is 2.11 bits per heavy atom. The molecule has 0 atom stereocenters. The Balaban J connectivity index is 2.53. The van der Waals surface area contributed by atoms with Gasteiger partial charge in [-0.05, 0) is 19.1 Å². The number of benzene rings is 1. The number of carbonyl (C=O) groups excluding carboxylic acids is 1. The van der Waals surface area contributed by atoms with E-state index in [1.807, 2.05) is 12.1 Å². The molecule has 0 aliphatic heterocycles. The second-order valence-electron chi connectivity index (χ2n) is 3.44. The van der Waals surface area contributed by atoms with E-state index in [1.165, 1.54) is 13.2 Å². The van der Waals surface area contributed by atoms with E-state index in [9.17, 15) is 4.79 Å². The van der Waals surface area contributed by atoms with Crippen molar-refractivity contribution in [1.29, 1.82) is 5.26 Å². The minimum atomic E-state index is -0.329. The highest BCUT2D eigenvalue weighted by Crippen LogP contribution is 2.25. The van der Waals surface area contributed by atoms with Crippen LogP contribution >= 0.6 is 0 Å². The summed E-state index contributed by atoms with van der Waals surface area (Å²) < 4.78 is 10.4. The largest absolute Gasteiger partial charge is 0.493 e. The molecule has 0 radical (unpaired) electrons. The van der Waals surface area contributed by atoms with E-state index in [4.69, 9.17) is 14.7 Å². The fraction of sp³-hybridized carbons (Fsp3) is 0.231. The summed E-state index contributed by atoms with van der Waals surface area (Å²) in [6, 6.07) is 8.88. The molecule has 0 heterocycles. The smallest absolute Gasteiger partial charge is 0.262 e. The standard InChI is InChI=1S/C13H14N2O3/c1-10(7-8-14)15-13(16)9-18-12-6-4-3-5-11(12)17-2/h3-7H,9H2,1-2H3,(H,15,16). The zero-order valence-electron chi connectivity index (χ0n) is 10.3. The zero-order valence-corrected chi connectivity index (χ0v) is 10.3. The number of nitriles is 1. The number of hydrogen-bond acceptors (Lipinski definition) is 4. The van der Waals surface area contributed by atoms with E-state index < -0.39 is 0 Å². The van der Waals surface area contributed by atoms with Crippen molar-refractivity contribution in [3.05, 3.63) is 36.0 Å². The number of rotatable bonds is 5. The number of para-hydroxylation sites is 2. The van der Waals surface area contributed by atoms with Gasteiger partial charge in [0.15, 0.2) is 18.1 Å². The first kappa shape index (κ1) is 13.6. The molecule has 0 aliphatic rings. The first-order chi connectivity index (χ1) is 8.67. The van der Waals surface area contributed by atoms with Gasteiger partial charge in [-0.1, -0.05) is 12.1 Å². The maximum absolute atomic E-state index is 11.5. The second kappa shape index (κ2) is 6.97. The molecule has 94 valence electrons. The van der Waals surface area contributed by atoms with Gasteiger partial charge < -0.3 is 14.8 Å². The lowest BCUT2D eigenvalue weighted by Gasteiger charge is -2.10. The van der Waals surface area contributed by atoms with Crippen LogP contribution in [0.1, 0.15) is 6.92 Å². The Morgan fingerprint density at radius 1 is 1.44 bits per heavy atom. The minimum absolute atomic E-state index is 0.142. The summed E-state index contributed by atoms with van der Waals surface area (Å²) in [6.07, 6.45) is 1.25. The molecule has 0 bridgehead atoms. The van der Waals surface area contributed by atoms with Gasteiger partial charge in [-0.3, -0.25) is 4.79 Å². The third kappa shape index (κ3) is 4.18. The molecular weight excluding hydrogens is 232 g/mol. The molecule has 0 saturated carbocycles. The maximum Gasteiger partial charge on any atom is 0.262 e. The average molecular weight is 246 g/mol. The normalized spacial score (nSPS) is 10.4. The predicted molar refractivity (Wildman–Crippen MR) is 66.0 cm³/mol. The van der Waals surface area contributed by atoms with E-state index >= 15 is 0 Å². The summed E-state index contributed by atoms with van der Waals surface area (Å²) in [5, 5.41) is 10.9. The first-order valence-corrected chi connectivity index (χ1v) is 5.29. The van der Waals surface area contributed by atoms with E-state index in [0.29, 0.717) is 17.2 Å². The number of allylic oxidation sites excluding steroid dienone is 2. The molecule has 1 rings (SSSR count). The number of ether oxygens (including phenoxy) is 2. The predicted octanol–water partition coefficient (Wildman–Crippen LogP) is 1.62. The van der Waals surface area contributed by atoms with Crippen LogP contribution in [-0.4, -0.2) is 19.6 Å². The van der Waals surface area contributed by atoms with Crippen molar-refractivity contribution >= 4 is 5.91 Å². The van der Waals surface area contributed by atoms with Gasteiger partial charge >= 0.3 is 0 Å². The molecule has 0 unspecified atom stereocenters. The molecule has 0 spiro atoms. The van der Waals surface area contributed by atoms with E-state index in [1.54, 1.807) is 25.1 Å². The van der Waals surface area contributed by atoms with Crippen LogP contribution in [0, 0.1) is 11.3 Å². The zero-order chi connectivity index (χ0) is 13.4. The van der Waals surface area contributed by atoms with Crippen LogP contribution in [0.5, 0.6) is 11.5 Å². The highest BCUT2D eigenvalue weighted by Gasteiger charge is 2.06. The van der Waals surface area contributed by atoms with Gasteiger partial charge in [0.1, 0.15) is 0 Å². The van der Waals surface area contributed by atoms with Crippen LogP contribution in [0.3, 0.4) is 0 Å². The maximum atomic E-state index is 11.5. The van der Waals surface area contributed by atoms with Gasteiger partial charge in [0.05, 0.1) is 13.2 Å². The van der Waals surface area contributed by atoms with Crippen LogP contribution in [0.15, 0.2) is 36.0 Å². The van der Waals surface area contributed by atoms with Crippen LogP contribution in [0.25, 0.3) is 0 Å². The number of hydrogen-bond donors (Lipinski definition) is 1. The number of amides is 1. The molecule has 18 heavy (non-hydrogen) atoms. The fourth-order valence-electron chi connectivity index (χ4n) is 1.27. The molecule has 0 saturated heterocycles. The summed E-state index contributed by atoms with van der Waals surface area (Å²) in [4.78, 5) is 11.5. The number of carbonyl (C=O) groups is 1. The van der Waals surface area contributed by atoms with Crippen LogP contribution in [0.2, 0.25) is 0 Å². The summed E-state index contributed by atoms with van der Waals surface area (Å²) in [7, 11) is 1.53. The molecule has 1 N–H and O–H groups in total. The minimum Gasteiger partial charge on any atom is -0.493 e. The Kier molecular flexibility index (Phi) is 5.26. The van der Waals surface area contributed by atoms with E-state index in [0.717, 1.165) is 0 Å². The molecule has 1 aromatic rings. The van der Waals surface area contributed by atoms with Crippen LogP contribution in [-0.2, 0) is 4.79 Å². The monoisotopic (exact) mass is 246 g/mol. The quantitative estimate of drug-likeness (QED) is 0.801. The van der Waals surface area contributed by atoms with Crippen molar-refractivity contribution < 1.29 is 14.3 Å².